The smallest absolute Gasteiger partial charge is 0.127 e. The van der Waals surface area contributed by atoms with Crippen LogP contribution in [0.2, 0.25) is 0 Å². The van der Waals surface area contributed by atoms with Crippen molar-refractivity contribution in [2.75, 3.05) is 6.67 Å². The van der Waals surface area contributed by atoms with E-state index in [1.807, 2.05) is 18.2 Å². The molecule has 2 rings (SSSR count). The molecule has 0 saturated carbocycles. The Hall–Kier alpha value is -2.06. The fourth-order valence-electron chi connectivity index (χ4n) is 1.46. The quantitative estimate of drug-likeness (QED) is 0.705. The van der Waals surface area contributed by atoms with E-state index in [0.717, 1.165) is 5.56 Å². The van der Waals surface area contributed by atoms with Crippen molar-refractivity contribution in [1.29, 1.82) is 5.26 Å². The monoisotopic (exact) mass is 201 g/mol. The largest absolute Gasteiger partial charge is 0.278 e. The SMILES string of the molecule is N#Cc1ccccc1CN1CN(N)C=N1. The second-order valence-corrected chi connectivity index (χ2v) is 3.32. The molecular formula is C10H11N5. The van der Waals surface area contributed by atoms with E-state index in [1.54, 1.807) is 17.4 Å². The highest BCUT2D eigenvalue weighted by Gasteiger charge is 2.12. The number of hydrogen-bond acceptors (Lipinski definition) is 5. The zero-order chi connectivity index (χ0) is 10.7. The van der Waals surface area contributed by atoms with Gasteiger partial charge in [-0.1, -0.05) is 18.2 Å². The van der Waals surface area contributed by atoms with Crippen molar-refractivity contribution in [3.05, 3.63) is 35.4 Å². The van der Waals surface area contributed by atoms with Crippen LogP contribution in [0.15, 0.2) is 29.4 Å². The molecule has 0 aliphatic carbocycles. The van der Waals surface area contributed by atoms with E-state index < -0.39 is 0 Å². The highest BCUT2D eigenvalue weighted by atomic mass is 15.6. The van der Waals surface area contributed by atoms with Crippen LogP contribution in [-0.4, -0.2) is 23.0 Å². The normalized spacial score (nSPS) is 14.4. The lowest BCUT2D eigenvalue weighted by atomic mass is 10.1. The number of benzene rings is 1. The summed E-state index contributed by atoms with van der Waals surface area (Å²) in [6.07, 6.45) is 1.56. The molecule has 0 atom stereocenters. The van der Waals surface area contributed by atoms with Gasteiger partial charge in [0.2, 0.25) is 0 Å². The molecule has 0 radical (unpaired) electrons. The van der Waals surface area contributed by atoms with Crippen LogP contribution >= 0.6 is 0 Å². The Bertz CT molecular complexity index is 420. The minimum absolute atomic E-state index is 0.555. The predicted molar refractivity (Wildman–Crippen MR) is 56.1 cm³/mol. The molecule has 76 valence electrons. The molecule has 0 amide bonds. The standard InChI is InChI=1S/C10H11N5/c11-5-9-3-1-2-4-10(9)6-15-8-14(12)7-13-15/h1-4,7H,6,8,12H2. The van der Waals surface area contributed by atoms with E-state index in [2.05, 4.69) is 11.2 Å². The molecule has 0 fully saturated rings. The lowest BCUT2D eigenvalue weighted by molar-refractivity contribution is 0.230. The Labute approximate surface area is 88.0 Å². The Morgan fingerprint density at radius 2 is 2.27 bits per heavy atom. The molecule has 0 aromatic heterocycles. The molecule has 0 spiro atoms. The average molecular weight is 201 g/mol. The molecule has 0 bridgehead atoms. The highest BCUT2D eigenvalue weighted by Crippen LogP contribution is 2.12. The fraction of sp³-hybridized carbons (Fsp3) is 0.200. The predicted octanol–water partition coefficient (Wildman–Crippen LogP) is 0.450. The fourth-order valence-corrected chi connectivity index (χ4v) is 1.46. The van der Waals surface area contributed by atoms with E-state index in [1.165, 1.54) is 5.01 Å². The Kier molecular flexibility index (Phi) is 2.52. The van der Waals surface area contributed by atoms with Gasteiger partial charge >= 0.3 is 0 Å². The molecule has 2 N–H and O–H groups in total. The topological polar surface area (TPSA) is 68.7 Å². The molecular weight excluding hydrogens is 190 g/mol. The molecule has 1 aromatic rings. The second kappa shape index (κ2) is 3.98. The lowest BCUT2D eigenvalue weighted by Gasteiger charge is -2.15. The van der Waals surface area contributed by atoms with E-state index in [4.69, 9.17) is 11.1 Å². The van der Waals surface area contributed by atoms with Crippen molar-refractivity contribution in [1.82, 2.24) is 10.0 Å². The van der Waals surface area contributed by atoms with Gasteiger partial charge in [0, 0.05) is 0 Å². The van der Waals surface area contributed by atoms with Crippen LogP contribution in [0.5, 0.6) is 0 Å². The first-order valence-corrected chi connectivity index (χ1v) is 4.58. The van der Waals surface area contributed by atoms with Gasteiger partial charge in [-0.15, -0.1) is 0 Å². The van der Waals surface area contributed by atoms with Crippen molar-refractivity contribution in [2.45, 2.75) is 6.54 Å². The number of nitriles is 1. The first kappa shape index (κ1) is 9.49. The van der Waals surface area contributed by atoms with Crippen molar-refractivity contribution in [2.24, 2.45) is 10.9 Å². The summed E-state index contributed by atoms with van der Waals surface area (Å²) in [5, 5.41) is 16.3. The van der Waals surface area contributed by atoms with Gasteiger partial charge in [-0.05, 0) is 11.6 Å². The summed E-state index contributed by atoms with van der Waals surface area (Å²) in [7, 11) is 0. The first-order valence-electron chi connectivity index (χ1n) is 4.58. The third-order valence-electron chi connectivity index (χ3n) is 2.18. The van der Waals surface area contributed by atoms with Gasteiger partial charge in [-0.3, -0.25) is 10.0 Å². The maximum Gasteiger partial charge on any atom is 0.127 e. The van der Waals surface area contributed by atoms with Gasteiger partial charge in [-0.2, -0.15) is 10.4 Å². The summed E-state index contributed by atoms with van der Waals surface area (Å²) >= 11 is 0. The van der Waals surface area contributed by atoms with Crippen molar-refractivity contribution in [3.63, 3.8) is 0 Å². The second-order valence-electron chi connectivity index (χ2n) is 3.32. The Balaban J connectivity index is 2.12. The van der Waals surface area contributed by atoms with E-state index in [9.17, 15) is 0 Å². The van der Waals surface area contributed by atoms with Crippen LogP contribution in [0.3, 0.4) is 0 Å². The number of hydrogen-bond donors (Lipinski definition) is 1. The van der Waals surface area contributed by atoms with Gasteiger partial charge in [0.15, 0.2) is 0 Å². The Morgan fingerprint density at radius 1 is 1.47 bits per heavy atom. The van der Waals surface area contributed by atoms with Gasteiger partial charge in [-0.25, -0.2) is 5.84 Å². The third-order valence-corrected chi connectivity index (χ3v) is 2.18. The molecule has 0 saturated heterocycles. The van der Waals surface area contributed by atoms with Gasteiger partial charge in [0.05, 0.1) is 18.2 Å². The van der Waals surface area contributed by atoms with E-state index in [-0.39, 0.29) is 0 Å². The Morgan fingerprint density at radius 3 is 2.93 bits per heavy atom. The summed E-state index contributed by atoms with van der Waals surface area (Å²) in [4.78, 5) is 0. The summed E-state index contributed by atoms with van der Waals surface area (Å²) in [6, 6.07) is 9.65. The molecule has 15 heavy (non-hydrogen) atoms. The molecule has 1 heterocycles. The molecule has 1 aliphatic heterocycles. The molecule has 5 nitrogen and oxygen atoms in total. The maximum atomic E-state index is 8.90. The minimum atomic E-state index is 0.555. The van der Waals surface area contributed by atoms with Gasteiger partial charge in [0.25, 0.3) is 0 Å². The van der Waals surface area contributed by atoms with Crippen molar-refractivity contribution >= 4 is 6.34 Å². The maximum absolute atomic E-state index is 8.90. The van der Waals surface area contributed by atoms with E-state index >= 15 is 0 Å². The lowest BCUT2D eigenvalue weighted by Crippen LogP contribution is -2.32. The van der Waals surface area contributed by atoms with Crippen LogP contribution in [-0.2, 0) is 6.54 Å². The zero-order valence-corrected chi connectivity index (χ0v) is 8.17. The number of hydrazine groups is 1. The summed E-state index contributed by atoms with van der Waals surface area (Å²) < 4.78 is 0. The summed E-state index contributed by atoms with van der Waals surface area (Å²) in [5.41, 5.74) is 1.65. The molecule has 5 heteroatoms. The van der Waals surface area contributed by atoms with Crippen molar-refractivity contribution < 1.29 is 0 Å². The van der Waals surface area contributed by atoms with Crippen LogP contribution in [0.25, 0.3) is 0 Å². The van der Waals surface area contributed by atoms with Gasteiger partial charge in [0.1, 0.15) is 13.0 Å². The number of hydrazone groups is 1. The van der Waals surface area contributed by atoms with Crippen LogP contribution in [0.1, 0.15) is 11.1 Å². The van der Waals surface area contributed by atoms with Crippen LogP contribution in [0.4, 0.5) is 0 Å². The molecule has 1 aromatic carbocycles. The zero-order valence-electron chi connectivity index (χ0n) is 8.17. The van der Waals surface area contributed by atoms with Crippen molar-refractivity contribution in [3.8, 4) is 6.07 Å². The van der Waals surface area contributed by atoms with Gasteiger partial charge < -0.3 is 0 Å². The number of rotatable bonds is 2. The molecule has 1 aliphatic rings. The number of nitrogens with zero attached hydrogens (tertiary/aromatic N) is 4. The highest BCUT2D eigenvalue weighted by molar-refractivity contribution is 5.55. The molecule has 0 unspecified atom stereocenters. The first-order chi connectivity index (χ1) is 7.29. The average Bonchev–Trinajstić information content (AvgIpc) is 2.65. The van der Waals surface area contributed by atoms with E-state index in [0.29, 0.717) is 18.8 Å². The summed E-state index contributed by atoms with van der Waals surface area (Å²) in [6.45, 7) is 1.16. The van der Waals surface area contributed by atoms with Crippen LogP contribution in [0, 0.1) is 11.3 Å². The number of nitrogens with two attached hydrogens (primary N) is 1. The minimum Gasteiger partial charge on any atom is -0.278 e. The summed E-state index contributed by atoms with van der Waals surface area (Å²) in [5.74, 6) is 5.53. The third kappa shape index (κ3) is 2.06. The van der Waals surface area contributed by atoms with Crippen LogP contribution < -0.4 is 5.84 Å².